The van der Waals surface area contributed by atoms with Crippen LogP contribution in [-0.2, 0) is 13.2 Å². The molecule has 0 aliphatic heterocycles. The molecule has 0 amide bonds. The largest absolute Gasteiger partial charge is 0.480 e. The molecule has 8 nitrogen and oxygen atoms in total. The van der Waals surface area contributed by atoms with Crippen molar-refractivity contribution in [3.05, 3.63) is 72.4 Å². The molecule has 6 rings (SSSR count). The number of ether oxygens (including phenoxy) is 1. The van der Waals surface area contributed by atoms with Crippen LogP contribution in [0.4, 0.5) is 13.2 Å². The first-order valence-corrected chi connectivity index (χ1v) is 11.9. The lowest BCUT2D eigenvalue weighted by atomic mass is 10.0. The first kappa shape index (κ1) is 23.8. The lowest BCUT2D eigenvalue weighted by Crippen LogP contribution is -2.04. The van der Waals surface area contributed by atoms with Crippen LogP contribution in [0.1, 0.15) is 30.1 Å². The highest BCUT2D eigenvalue weighted by Gasteiger charge is 2.34. The molecule has 1 aliphatic carbocycles. The van der Waals surface area contributed by atoms with Gasteiger partial charge in [-0.3, -0.25) is 0 Å². The summed E-state index contributed by atoms with van der Waals surface area (Å²) in [6.45, 7) is 0. The standard InChI is InChI=1S/C27H21F3N6O2/c1-36-13-20(27(28,29)30)33-24(36)18-9-7-17(8-10-18)23-34-25(38-35-23)19-11-3-15(4-12-19)21-22(16-5-6-16)31-14-32-26(21)37-2/h3-4,7-14,16H,5-6H2,1-2H3. The molecule has 0 radical (unpaired) electrons. The average molecular weight is 518 g/mol. The Kier molecular flexibility index (Phi) is 5.70. The summed E-state index contributed by atoms with van der Waals surface area (Å²) < 4.78 is 51.3. The fraction of sp³-hybridized carbons (Fsp3) is 0.222. The molecule has 1 aliphatic rings. The van der Waals surface area contributed by atoms with E-state index in [1.807, 2.05) is 24.3 Å². The van der Waals surface area contributed by atoms with E-state index < -0.39 is 11.9 Å². The van der Waals surface area contributed by atoms with E-state index in [2.05, 4.69) is 25.1 Å². The van der Waals surface area contributed by atoms with E-state index in [0.717, 1.165) is 41.4 Å². The van der Waals surface area contributed by atoms with Gasteiger partial charge in [-0.2, -0.15) is 18.2 Å². The number of hydrogen-bond donors (Lipinski definition) is 0. The molecule has 0 atom stereocenters. The van der Waals surface area contributed by atoms with E-state index in [9.17, 15) is 13.2 Å². The fourth-order valence-corrected chi connectivity index (χ4v) is 4.35. The highest BCUT2D eigenvalue weighted by molar-refractivity contribution is 5.74. The Morgan fingerprint density at radius 2 is 1.55 bits per heavy atom. The quantitative estimate of drug-likeness (QED) is 0.266. The van der Waals surface area contributed by atoms with Crippen molar-refractivity contribution in [1.29, 1.82) is 0 Å². The van der Waals surface area contributed by atoms with Crippen LogP contribution in [0.5, 0.6) is 5.88 Å². The molecule has 1 fully saturated rings. The minimum Gasteiger partial charge on any atom is -0.480 e. The highest BCUT2D eigenvalue weighted by Crippen LogP contribution is 2.45. The molecular formula is C27H21F3N6O2. The topological polar surface area (TPSA) is 91.8 Å². The zero-order chi connectivity index (χ0) is 26.4. The van der Waals surface area contributed by atoms with E-state index in [1.165, 1.54) is 17.9 Å². The Morgan fingerprint density at radius 1 is 0.895 bits per heavy atom. The molecule has 1 saturated carbocycles. The van der Waals surface area contributed by atoms with E-state index in [0.29, 0.717) is 34.6 Å². The Hall–Kier alpha value is -4.54. The monoisotopic (exact) mass is 518 g/mol. The van der Waals surface area contributed by atoms with Crippen molar-refractivity contribution < 1.29 is 22.4 Å². The molecule has 192 valence electrons. The second kappa shape index (κ2) is 9.09. The third kappa shape index (κ3) is 4.40. The van der Waals surface area contributed by atoms with Gasteiger partial charge in [0.2, 0.25) is 11.7 Å². The van der Waals surface area contributed by atoms with Crippen molar-refractivity contribution >= 4 is 0 Å². The van der Waals surface area contributed by atoms with E-state index in [1.54, 1.807) is 31.4 Å². The van der Waals surface area contributed by atoms with Gasteiger partial charge >= 0.3 is 6.18 Å². The number of rotatable bonds is 6. The zero-order valence-corrected chi connectivity index (χ0v) is 20.4. The van der Waals surface area contributed by atoms with Gasteiger partial charge in [0, 0.05) is 35.9 Å². The number of imidazole rings is 1. The minimum absolute atomic E-state index is 0.211. The first-order valence-electron chi connectivity index (χ1n) is 11.9. The molecule has 3 heterocycles. The van der Waals surface area contributed by atoms with Crippen molar-refractivity contribution in [2.45, 2.75) is 24.9 Å². The molecular weight excluding hydrogens is 497 g/mol. The summed E-state index contributed by atoms with van der Waals surface area (Å²) >= 11 is 0. The third-order valence-electron chi connectivity index (χ3n) is 6.41. The summed E-state index contributed by atoms with van der Waals surface area (Å²) in [5.74, 6) is 1.88. The molecule has 38 heavy (non-hydrogen) atoms. The SMILES string of the molecule is COc1ncnc(C2CC2)c1-c1ccc(-c2nc(-c3ccc(-c4nc(C(F)(F)F)cn4C)cc3)no2)cc1. The van der Waals surface area contributed by atoms with E-state index >= 15 is 0 Å². The Balaban J connectivity index is 1.24. The lowest BCUT2D eigenvalue weighted by Gasteiger charge is -2.12. The first-order chi connectivity index (χ1) is 18.3. The third-order valence-corrected chi connectivity index (χ3v) is 6.41. The predicted octanol–water partition coefficient (Wildman–Crippen LogP) is 6.17. The number of nitrogens with zero attached hydrogens (tertiary/aromatic N) is 6. The van der Waals surface area contributed by atoms with Gasteiger partial charge in [0.1, 0.15) is 12.2 Å². The Labute approximate surface area is 215 Å². The van der Waals surface area contributed by atoms with Crippen molar-refractivity contribution in [3.63, 3.8) is 0 Å². The van der Waals surface area contributed by atoms with E-state index in [-0.39, 0.29) is 5.82 Å². The van der Waals surface area contributed by atoms with Gasteiger partial charge in [-0.1, -0.05) is 41.6 Å². The van der Waals surface area contributed by atoms with Crippen molar-refractivity contribution in [1.82, 2.24) is 29.7 Å². The molecule has 3 aromatic heterocycles. The van der Waals surface area contributed by atoms with Crippen LogP contribution in [0.25, 0.3) is 45.4 Å². The van der Waals surface area contributed by atoms with Gasteiger partial charge in [-0.25, -0.2) is 15.0 Å². The molecule has 5 aromatic rings. The van der Waals surface area contributed by atoms with Gasteiger partial charge in [0.05, 0.1) is 18.4 Å². The van der Waals surface area contributed by atoms with Crippen molar-refractivity contribution in [2.24, 2.45) is 7.05 Å². The van der Waals surface area contributed by atoms with Gasteiger partial charge in [0.15, 0.2) is 5.69 Å². The molecule has 11 heteroatoms. The van der Waals surface area contributed by atoms with Crippen molar-refractivity contribution in [3.8, 4) is 51.2 Å². The normalized spacial score (nSPS) is 13.6. The molecule has 0 unspecified atom stereocenters. The van der Waals surface area contributed by atoms with Crippen LogP contribution in [0, 0.1) is 0 Å². The van der Waals surface area contributed by atoms with Gasteiger partial charge in [-0.15, -0.1) is 0 Å². The Bertz CT molecular complexity index is 1600. The van der Waals surface area contributed by atoms with Gasteiger partial charge in [0.25, 0.3) is 5.89 Å². The highest BCUT2D eigenvalue weighted by atomic mass is 19.4. The maximum atomic E-state index is 13.0. The maximum Gasteiger partial charge on any atom is 0.434 e. The summed E-state index contributed by atoms with van der Waals surface area (Å²) in [6.07, 6.45) is 0.205. The van der Waals surface area contributed by atoms with E-state index in [4.69, 9.17) is 9.26 Å². The predicted molar refractivity (Wildman–Crippen MR) is 132 cm³/mol. The molecule has 2 aromatic carbocycles. The molecule has 0 bridgehead atoms. The van der Waals surface area contributed by atoms with Crippen LogP contribution < -0.4 is 4.74 Å². The smallest absolute Gasteiger partial charge is 0.434 e. The van der Waals surface area contributed by atoms with Crippen LogP contribution in [0.3, 0.4) is 0 Å². The van der Waals surface area contributed by atoms with Crippen molar-refractivity contribution in [2.75, 3.05) is 7.11 Å². The second-order valence-corrected chi connectivity index (χ2v) is 9.05. The second-order valence-electron chi connectivity index (χ2n) is 9.05. The number of alkyl halides is 3. The lowest BCUT2D eigenvalue weighted by molar-refractivity contribution is -0.140. The molecule has 0 saturated heterocycles. The van der Waals surface area contributed by atoms with Crippen LogP contribution in [-0.4, -0.2) is 36.8 Å². The summed E-state index contributed by atoms with van der Waals surface area (Å²) in [5.41, 5.74) is 3.82. The maximum absolute atomic E-state index is 13.0. The zero-order valence-electron chi connectivity index (χ0n) is 20.4. The summed E-state index contributed by atoms with van der Waals surface area (Å²) in [7, 11) is 3.12. The molecule has 0 N–H and O–H groups in total. The van der Waals surface area contributed by atoms with Crippen LogP contribution in [0.2, 0.25) is 0 Å². The summed E-state index contributed by atoms with van der Waals surface area (Å²) in [6, 6.07) is 14.5. The Morgan fingerprint density at radius 3 is 2.18 bits per heavy atom. The molecule has 0 spiro atoms. The minimum atomic E-state index is -4.50. The number of aromatic nitrogens is 6. The summed E-state index contributed by atoms with van der Waals surface area (Å²) in [4.78, 5) is 17.0. The average Bonchev–Trinajstić information content (AvgIpc) is 3.51. The van der Waals surface area contributed by atoms with Crippen LogP contribution in [0.15, 0.2) is 65.6 Å². The van der Waals surface area contributed by atoms with Crippen LogP contribution >= 0.6 is 0 Å². The number of aryl methyl sites for hydroxylation is 1. The number of halogens is 3. The van der Waals surface area contributed by atoms with Gasteiger partial charge < -0.3 is 13.8 Å². The number of hydrogen-bond acceptors (Lipinski definition) is 7. The number of benzene rings is 2. The van der Waals surface area contributed by atoms with Gasteiger partial charge in [-0.05, 0) is 30.5 Å². The summed E-state index contributed by atoms with van der Waals surface area (Å²) in [5, 5.41) is 4.08. The number of methoxy groups -OCH3 is 1. The fourth-order valence-electron chi connectivity index (χ4n) is 4.35.